The lowest BCUT2D eigenvalue weighted by Crippen LogP contribution is -2.27. The van der Waals surface area contributed by atoms with Crippen LogP contribution < -0.4 is 0 Å². The summed E-state index contributed by atoms with van der Waals surface area (Å²) in [5.41, 5.74) is 1.05. The number of rotatable bonds is 1. The molecule has 1 aromatic rings. The first-order valence-corrected chi connectivity index (χ1v) is 5.68. The van der Waals surface area contributed by atoms with Crippen LogP contribution in [0.15, 0.2) is 30.3 Å². The van der Waals surface area contributed by atoms with Crippen LogP contribution in [-0.2, 0) is 4.74 Å². The van der Waals surface area contributed by atoms with E-state index in [1.165, 1.54) is 0 Å². The molecule has 1 aliphatic heterocycles. The number of likely N-dealkylation sites (N-methyl/N-ethyl adjacent to an activating group) is 1. The van der Waals surface area contributed by atoms with Crippen LogP contribution >= 0.6 is 0 Å². The van der Waals surface area contributed by atoms with Crippen molar-refractivity contribution in [2.75, 3.05) is 7.05 Å². The number of carbonyl (C=O) groups excluding carboxylic acids is 1. The molecule has 0 radical (unpaired) electrons. The molecule has 0 saturated carbocycles. The van der Waals surface area contributed by atoms with Crippen molar-refractivity contribution >= 4 is 6.09 Å². The zero-order chi connectivity index (χ0) is 12.1. The minimum atomic E-state index is -0.244. The van der Waals surface area contributed by atoms with Gasteiger partial charge < -0.3 is 9.64 Å². The summed E-state index contributed by atoms with van der Waals surface area (Å²) in [6.07, 6.45) is -0.375. The van der Waals surface area contributed by atoms with Gasteiger partial charge in [0, 0.05) is 7.05 Å². The highest BCUT2D eigenvalue weighted by Gasteiger charge is 2.36. The van der Waals surface area contributed by atoms with Crippen LogP contribution in [0.2, 0.25) is 0 Å². The van der Waals surface area contributed by atoms with E-state index in [4.69, 9.17) is 4.74 Å². The molecule has 1 heterocycles. The van der Waals surface area contributed by atoms with E-state index in [0.29, 0.717) is 0 Å². The molecule has 16 heavy (non-hydrogen) atoms. The molecular formula is C13H19NO2. The Morgan fingerprint density at radius 2 is 1.75 bits per heavy atom. The predicted octanol–water partition coefficient (Wildman–Crippen LogP) is 3.22. The van der Waals surface area contributed by atoms with Crippen LogP contribution in [-0.4, -0.2) is 24.1 Å². The molecule has 1 fully saturated rings. The molecule has 0 aliphatic carbocycles. The molecule has 3 nitrogen and oxygen atoms in total. The summed E-state index contributed by atoms with van der Waals surface area (Å²) in [5.74, 6) is 0. The van der Waals surface area contributed by atoms with Crippen molar-refractivity contribution in [2.45, 2.75) is 32.9 Å². The van der Waals surface area contributed by atoms with Gasteiger partial charge in [-0.3, -0.25) is 0 Å². The van der Waals surface area contributed by atoms with Gasteiger partial charge in [-0.15, -0.1) is 0 Å². The van der Waals surface area contributed by atoms with Gasteiger partial charge in [0.2, 0.25) is 0 Å². The average Bonchev–Trinajstić information content (AvgIpc) is 2.61. The van der Waals surface area contributed by atoms with E-state index in [1.807, 2.05) is 51.1 Å². The number of carbonyl (C=O) groups is 1. The Balaban J connectivity index is 0.000000606. The van der Waals surface area contributed by atoms with Gasteiger partial charge in [0.05, 0.1) is 6.04 Å². The number of hydrogen-bond donors (Lipinski definition) is 0. The van der Waals surface area contributed by atoms with Gasteiger partial charge in [0.1, 0.15) is 6.10 Å². The molecule has 2 unspecified atom stereocenters. The van der Waals surface area contributed by atoms with Crippen LogP contribution in [0.4, 0.5) is 4.79 Å². The van der Waals surface area contributed by atoms with Gasteiger partial charge in [-0.2, -0.15) is 0 Å². The lowest BCUT2D eigenvalue weighted by Gasteiger charge is -2.16. The second-order valence-corrected chi connectivity index (χ2v) is 3.57. The van der Waals surface area contributed by atoms with E-state index in [2.05, 4.69) is 0 Å². The van der Waals surface area contributed by atoms with E-state index in [-0.39, 0.29) is 18.2 Å². The minimum absolute atomic E-state index is 0.102. The maximum Gasteiger partial charge on any atom is 0.410 e. The lowest BCUT2D eigenvalue weighted by molar-refractivity contribution is 0.131. The van der Waals surface area contributed by atoms with Gasteiger partial charge in [-0.05, 0) is 12.5 Å². The molecule has 3 heteroatoms. The van der Waals surface area contributed by atoms with E-state index in [0.717, 1.165) is 5.56 Å². The van der Waals surface area contributed by atoms with Crippen molar-refractivity contribution in [1.29, 1.82) is 0 Å². The van der Waals surface area contributed by atoms with Crippen molar-refractivity contribution in [3.05, 3.63) is 35.9 Å². The maximum absolute atomic E-state index is 11.3. The maximum atomic E-state index is 11.3. The van der Waals surface area contributed by atoms with Gasteiger partial charge in [-0.1, -0.05) is 44.2 Å². The molecule has 1 amide bonds. The molecule has 0 bridgehead atoms. The Hall–Kier alpha value is -1.51. The smallest absolute Gasteiger partial charge is 0.410 e. The Kier molecular flexibility index (Phi) is 4.35. The summed E-state index contributed by atoms with van der Waals surface area (Å²) in [6, 6.07) is 9.92. The third-order valence-corrected chi connectivity index (χ3v) is 2.69. The van der Waals surface area contributed by atoms with Gasteiger partial charge in [0.25, 0.3) is 0 Å². The standard InChI is InChI=1S/C11H13NO2.C2H6/c1-8-10(14-11(13)12(8)2)9-6-4-3-5-7-9;1-2/h3-8,10H,1-2H3;1-2H3. The van der Waals surface area contributed by atoms with Crippen LogP contribution in [0.3, 0.4) is 0 Å². The number of nitrogens with zero attached hydrogens (tertiary/aromatic N) is 1. The second kappa shape index (κ2) is 5.54. The third kappa shape index (κ3) is 2.35. The van der Waals surface area contributed by atoms with E-state index in [1.54, 1.807) is 11.9 Å². The molecule has 1 saturated heterocycles. The number of amides is 1. The molecule has 1 aromatic carbocycles. The fourth-order valence-corrected chi connectivity index (χ4v) is 1.65. The van der Waals surface area contributed by atoms with Crippen molar-refractivity contribution in [3.8, 4) is 0 Å². The molecule has 2 rings (SSSR count). The molecule has 1 aliphatic rings. The van der Waals surface area contributed by atoms with E-state index < -0.39 is 0 Å². The van der Waals surface area contributed by atoms with Crippen LogP contribution in [0.1, 0.15) is 32.4 Å². The largest absolute Gasteiger partial charge is 0.439 e. The summed E-state index contributed by atoms with van der Waals surface area (Å²) >= 11 is 0. The number of cyclic esters (lactones) is 1. The SMILES string of the molecule is CC.CC1C(c2ccccc2)OC(=O)N1C. The molecule has 88 valence electrons. The fourth-order valence-electron chi connectivity index (χ4n) is 1.65. The molecule has 0 N–H and O–H groups in total. The molecule has 0 spiro atoms. The zero-order valence-corrected chi connectivity index (χ0v) is 10.3. The second-order valence-electron chi connectivity index (χ2n) is 3.57. The zero-order valence-electron chi connectivity index (χ0n) is 10.3. The first kappa shape index (κ1) is 12.6. The van der Waals surface area contributed by atoms with Crippen molar-refractivity contribution in [2.24, 2.45) is 0 Å². The number of hydrogen-bond acceptors (Lipinski definition) is 2. The Morgan fingerprint density at radius 1 is 1.19 bits per heavy atom. The Bertz CT molecular complexity index is 337. The van der Waals surface area contributed by atoms with Crippen LogP contribution in [0.5, 0.6) is 0 Å². The van der Waals surface area contributed by atoms with Crippen molar-refractivity contribution in [1.82, 2.24) is 4.90 Å². The molecular weight excluding hydrogens is 202 g/mol. The van der Waals surface area contributed by atoms with Crippen molar-refractivity contribution < 1.29 is 9.53 Å². The van der Waals surface area contributed by atoms with Gasteiger partial charge in [0.15, 0.2) is 0 Å². The highest BCUT2D eigenvalue weighted by atomic mass is 16.6. The van der Waals surface area contributed by atoms with Crippen LogP contribution in [0.25, 0.3) is 0 Å². The quantitative estimate of drug-likeness (QED) is 0.728. The molecule has 2 atom stereocenters. The first-order valence-electron chi connectivity index (χ1n) is 5.68. The molecule has 0 aromatic heterocycles. The van der Waals surface area contributed by atoms with E-state index in [9.17, 15) is 4.79 Å². The summed E-state index contributed by atoms with van der Waals surface area (Å²) < 4.78 is 5.26. The lowest BCUT2D eigenvalue weighted by atomic mass is 10.0. The van der Waals surface area contributed by atoms with Gasteiger partial charge >= 0.3 is 6.09 Å². The average molecular weight is 221 g/mol. The fraction of sp³-hybridized carbons (Fsp3) is 0.462. The summed E-state index contributed by atoms with van der Waals surface area (Å²) in [5, 5.41) is 0. The van der Waals surface area contributed by atoms with Gasteiger partial charge in [-0.25, -0.2) is 4.79 Å². The number of benzene rings is 1. The van der Waals surface area contributed by atoms with Crippen LogP contribution in [0, 0.1) is 0 Å². The Morgan fingerprint density at radius 3 is 2.19 bits per heavy atom. The summed E-state index contributed by atoms with van der Waals surface area (Å²) in [4.78, 5) is 12.9. The highest BCUT2D eigenvalue weighted by Crippen LogP contribution is 2.30. The number of ether oxygens (including phenoxy) is 1. The topological polar surface area (TPSA) is 29.5 Å². The summed E-state index contributed by atoms with van der Waals surface area (Å²) in [7, 11) is 1.76. The normalized spacial score (nSPS) is 23.5. The minimum Gasteiger partial charge on any atom is -0.439 e. The highest BCUT2D eigenvalue weighted by molar-refractivity contribution is 5.70. The summed E-state index contributed by atoms with van der Waals surface area (Å²) in [6.45, 7) is 5.99. The Labute approximate surface area is 97.0 Å². The van der Waals surface area contributed by atoms with Crippen molar-refractivity contribution in [3.63, 3.8) is 0 Å². The third-order valence-electron chi connectivity index (χ3n) is 2.69. The predicted molar refractivity (Wildman–Crippen MR) is 64.2 cm³/mol. The van der Waals surface area contributed by atoms with E-state index >= 15 is 0 Å². The monoisotopic (exact) mass is 221 g/mol. The first-order chi connectivity index (χ1) is 7.70.